The van der Waals surface area contributed by atoms with Crippen molar-refractivity contribution in [3.8, 4) is 5.75 Å². The highest BCUT2D eigenvalue weighted by Gasteiger charge is 2.21. The maximum atomic E-state index is 11.5. The third-order valence-corrected chi connectivity index (χ3v) is 4.00. The Balaban J connectivity index is 2.27. The number of hydrogen-bond donors (Lipinski definition) is 1. The number of anilines is 1. The number of hydrogen-bond acceptors (Lipinski definition) is 4. The van der Waals surface area contributed by atoms with Crippen molar-refractivity contribution >= 4 is 11.6 Å². The average Bonchev–Trinajstić information content (AvgIpc) is 2.72. The highest BCUT2D eigenvalue weighted by molar-refractivity contribution is 5.73. The Kier molecular flexibility index (Phi) is 5.07. The van der Waals surface area contributed by atoms with Gasteiger partial charge in [0.05, 0.1) is 7.11 Å². The molecule has 1 amide bonds. The molecule has 21 heavy (non-hydrogen) atoms. The minimum atomic E-state index is -0.0942. The summed E-state index contributed by atoms with van der Waals surface area (Å²) in [4.78, 5) is 15.8. The molecule has 5 nitrogen and oxygen atoms in total. The molecule has 2 N–H and O–H groups in total. The molecule has 0 bridgehead atoms. The van der Waals surface area contributed by atoms with E-state index in [0.717, 1.165) is 49.6 Å². The monoisotopic (exact) mass is 291 g/mol. The van der Waals surface area contributed by atoms with Crippen LogP contribution in [0.5, 0.6) is 5.75 Å². The van der Waals surface area contributed by atoms with Gasteiger partial charge >= 0.3 is 0 Å². The molecule has 1 heterocycles. The fourth-order valence-corrected chi connectivity index (χ4v) is 2.92. The second kappa shape index (κ2) is 6.80. The normalized spacial score (nSPS) is 17.3. The molecule has 1 aliphatic rings. The Morgan fingerprint density at radius 2 is 2.05 bits per heavy atom. The van der Waals surface area contributed by atoms with Crippen molar-refractivity contribution in [3.63, 3.8) is 0 Å². The largest absolute Gasteiger partial charge is 0.496 e. The molecule has 116 valence electrons. The Bertz CT molecular complexity index is 502. The molecule has 1 aromatic rings. The average molecular weight is 291 g/mol. The summed E-state index contributed by atoms with van der Waals surface area (Å²) in [6.45, 7) is 6.94. The zero-order valence-electron chi connectivity index (χ0n) is 13.1. The fourth-order valence-electron chi connectivity index (χ4n) is 2.92. The Morgan fingerprint density at radius 3 is 2.67 bits per heavy atom. The van der Waals surface area contributed by atoms with Crippen LogP contribution >= 0.6 is 0 Å². The molecule has 1 atom stereocenters. The van der Waals surface area contributed by atoms with Gasteiger partial charge in [0.2, 0.25) is 5.91 Å². The van der Waals surface area contributed by atoms with Crippen molar-refractivity contribution < 1.29 is 9.53 Å². The lowest BCUT2D eigenvalue weighted by Gasteiger charge is -2.28. The molecule has 1 aromatic carbocycles. The topological polar surface area (TPSA) is 58.8 Å². The molecule has 1 aliphatic heterocycles. The summed E-state index contributed by atoms with van der Waals surface area (Å²) in [5, 5.41) is 0. The quantitative estimate of drug-likeness (QED) is 0.922. The van der Waals surface area contributed by atoms with Gasteiger partial charge in [-0.15, -0.1) is 0 Å². The van der Waals surface area contributed by atoms with Crippen LogP contribution in [0.1, 0.15) is 31.9 Å². The van der Waals surface area contributed by atoms with Gasteiger partial charge < -0.3 is 20.3 Å². The van der Waals surface area contributed by atoms with E-state index in [0.29, 0.717) is 0 Å². The number of ether oxygens (including phenoxy) is 1. The first-order valence-corrected chi connectivity index (χ1v) is 7.47. The van der Waals surface area contributed by atoms with E-state index < -0.39 is 0 Å². The minimum Gasteiger partial charge on any atom is -0.496 e. The van der Waals surface area contributed by atoms with Crippen molar-refractivity contribution in [2.24, 2.45) is 5.73 Å². The van der Waals surface area contributed by atoms with Crippen LogP contribution in [0.2, 0.25) is 0 Å². The van der Waals surface area contributed by atoms with E-state index >= 15 is 0 Å². The van der Waals surface area contributed by atoms with E-state index in [2.05, 4.69) is 11.0 Å². The SMILES string of the molecule is COc1cccc(N2CCCN(C(C)=O)CC2)c1[C@H](C)N. The van der Waals surface area contributed by atoms with Crippen LogP contribution in [-0.2, 0) is 4.79 Å². The van der Waals surface area contributed by atoms with Gasteiger partial charge in [0, 0.05) is 50.4 Å². The Labute approximate surface area is 126 Å². The van der Waals surface area contributed by atoms with Crippen molar-refractivity contribution in [1.29, 1.82) is 0 Å². The van der Waals surface area contributed by atoms with Crippen molar-refractivity contribution in [1.82, 2.24) is 4.90 Å². The molecule has 2 rings (SSSR count). The van der Waals surface area contributed by atoms with Crippen LogP contribution in [0.4, 0.5) is 5.69 Å². The molecule has 0 spiro atoms. The molecule has 1 saturated heterocycles. The maximum Gasteiger partial charge on any atom is 0.219 e. The van der Waals surface area contributed by atoms with Gasteiger partial charge in [-0.2, -0.15) is 0 Å². The van der Waals surface area contributed by atoms with Crippen molar-refractivity contribution in [2.45, 2.75) is 26.3 Å². The van der Waals surface area contributed by atoms with E-state index in [1.54, 1.807) is 14.0 Å². The summed E-state index contributed by atoms with van der Waals surface area (Å²) in [5.74, 6) is 0.977. The van der Waals surface area contributed by atoms with E-state index in [4.69, 9.17) is 10.5 Å². The molecular formula is C16H25N3O2. The fraction of sp³-hybridized carbons (Fsp3) is 0.562. The zero-order valence-corrected chi connectivity index (χ0v) is 13.1. The first-order valence-electron chi connectivity index (χ1n) is 7.47. The number of benzene rings is 1. The smallest absolute Gasteiger partial charge is 0.219 e. The molecule has 1 fully saturated rings. The highest BCUT2D eigenvalue weighted by Crippen LogP contribution is 2.34. The molecule has 0 unspecified atom stereocenters. The van der Waals surface area contributed by atoms with Crippen LogP contribution in [-0.4, -0.2) is 44.1 Å². The second-order valence-corrected chi connectivity index (χ2v) is 5.53. The van der Waals surface area contributed by atoms with Gasteiger partial charge in [-0.3, -0.25) is 4.79 Å². The van der Waals surface area contributed by atoms with Crippen LogP contribution < -0.4 is 15.4 Å². The van der Waals surface area contributed by atoms with E-state index in [1.165, 1.54) is 0 Å². The molecule has 0 aliphatic carbocycles. The number of carbonyl (C=O) groups excluding carboxylic acids is 1. The standard InChI is InChI=1S/C16H25N3O2/c1-12(17)16-14(6-4-7-15(16)21-3)19-9-5-8-18(10-11-19)13(2)20/h4,6-7,12H,5,8-11,17H2,1-3H3/t12-/m0/s1. The van der Waals surface area contributed by atoms with Gasteiger partial charge in [0.25, 0.3) is 0 Å². The number of nitrogens with two attached hydrogens (primary N) is 1. The van der Waals surface area contributed by atoms with Crippen LogP contribution in [0, 0.1) is 0 Å². The predicted octanol–water partition coefficient (Wildman–Crippen LogP) is 1.77. The predicted molar refractivity (Wildman–Crippen MR) is 84.7 cm³/mol. The summed E-state index contributed by atoms with van der Waals surface area (Å²) < 4.78 is 5.46. The van der Waals surface area contributed by atoms with Crippen molar-refractivity contribution in [2.75, 3.05) is 38.2 Å². The number of methoxy groups -OCH3 is 1. The van der Waals surface area contributed by atoms with Gasteiger partial charge in [-0.1, -0.05) is 6.07 Å². The number of rotatable bonds is 3. The molecule has 0 radical (unpaired) electrons. The van der Waals surface area contributed by atoms with E-state index in [-0.39, 0.29) is 11.9 Å². The van der Waals surface area contributed by atoms with Gasteiger partial charge in [-0.25, -0.2) is 0 Å². The molecular weight excluding hydrogens is 266 g/mol. The van der Waals surface area contributed by atoms with Crippen LogP contribution in [0.3, 0.4) is 0 Å². The summed E-state index contributed by atoms with van der Waals surface area (Å²) in [6.07, 6.45) is 0.967. The molecule has 0 saturated carbocycles. The van der Waals surface area contributed by atoms with Gasteiger partial charge in [0.1, 0.15) is 5.75 Å². The summed E-state index contributed by atoms with van der Waals surface area (Å²) in [5.41, 5.74) is 8.30. The zero-order chi connectivity index (χ0) is 15.4. The molecule has 0 aromatic heterocycles. The van der Waals surface area contributed by atoms with Gasteiger partial charge in [0.15, 0.2) is 0 Å². The summed E-state index contributed by atoms with van der Waals surface area (Å²) >= 11 is 0. The summed E-state index contributed by atoms with van der Waals surface area (Å²) in [7, 11) is 1.67. The van der Waals surface area contributed by atoms with Crippen LogP contribution in [0.15, 0.2) is 18.2 Å². The second-order valence-electron chi connectivity index (χ2n) is 5.53. The number of nitrogens with zero attached hydrogens (tertiary/aromatic N) is 2. The lowest BCUT2D eigenvalue weighted by atomic mass is 10.0. The third kappa shape index (κ3) is 3.47. The first kappa shape index (κ1) is 15.6. The Hall–Kier alpha value is -1.75. The maximum absolute atomic E-state index is 11.5. The lowest BCUT2D eigenvalue weighted by Crippen LogP contribution is -2.34. The molecule has 5 heteroatoms. The Morgan fingerprint density at radius 1 is 1.29 bits per heavy atom. The minimum absolute atomic E-state index is 0.0942. The van der Waals surface area contributed by atoms with E-state index in [1.807, 2.05) is 24.0 Å². The van der Waals surface area contributed by atoms with Crippen LogP contribution in [0.25, 0.3) is 0 Å². The summed E-state index contributed by atoms with van der Waals surface area (Å²) in [6, 6.07) is 5.93. The lowest BCUT2D eigenvalue weighted by molar-refractivity contribution is -0.128. The van der Waals surface area contributed by atoms with Gasteiger partial charge in [-0.05, 0) is 25.5 Å². The first-order chi connectivity index (χ1) is 10.0. The number of amides is 1. The number of carbonyl (C=O) groups is 1. The third-order valence-electron chi connectivity index (χ3n) is 4.00. The highest BCUT2D eigenvalue weighted by atomic mass is 16.5. The van der Waals surface area contributed by atoms with E-state index in [9.17, 15) is 4.79 Å². The van der Waals surface area contributed by atoms with Crippen molar-refractivity contribution in [3.05, 3.63) is 23.8 Å².